The van der Waals surface area contributed by atoms with E-state index < -0.39 is 0 Å². The highest BCUT2D eigenvalue weighted by molar-refractivity contribution is 7.98. The van der Waals surface area contributed by atoms with E-state index in [9.17, 15) is 4.79 Å². The molecule has 0 spiro atoms. The number of rotatable bonds is 8. The Morgan fingerprint density at radius 1 is 1.35 bits per heavy atom. The first-order valence-electron chi connectivity index (χ1n) is 7.20. The molecule has 0 radical (unpaired) electrons. The van der Waals surface area contributed by atoms with E-state index in [2.05, 4.69) is 19.2 Å². The molecule has 1 aromatic rings. The predicted molar refractivity (Wildman–Crippen MR) is 88.1 cm³/mol. The van der Waals surface area contributed by atoms with Gasteiger partial charge in [0, 0.05) is 17.0 Å². The van der Waals surface area contributed by atoms with Gasteiger partial charge in [-0.05, 0) is 55.7 Å². The van der Waals surface area contributed by atoms with Crippen LogP contribution in [-0.2, 0) is 4.79 Å². The molecule has 20 heavy (non-hydrogen) atoms. The number of thioether (sulfide) groups is 1. The standard InChI is InChI=1S/C16H26N2OS/c1-12(2)13(9-10-17)7-8-16(19)18-14-5-4-6-15(11-14)20-3/h4-6,11-13H,7-10,17H2,1-3H3,(H,18,19). The second-order valence-electron chi connectivity index (χ2n) is 5.40. The van der Waals surface area contributed by atoms with Crippen molar-refractivity contribution in [3.63, 3.8) is 0 Å². The normalized spacial score (nSPS) is 12.4. The van der Waals surface area contributed by atoms with E-state index in [0.29, 0.717) is 24.8 Å². The van der Waals surface area contributed by atoms with Gasteiger partial charge in [0.2, 0.25) is 5.91 Å². The fourth-order valence-corrected chi connectivity index (χ4v) is 2.73. The number of carbonyl (C=O) groups is 1. The maximum absolute atomic E-state index is 12.0. The molecule has 3 N–H and O–H groups in total. The average molecular weight is 294 g/mol. The van der Waals surface area contributed by atoms with E-state index in [-0.39, 0.29) is 5.91 Å². The molecule has 112 valence electrons. The van der Waals surface area contributed by atoms with Gasteiger partial charge in [0.15, 0.2) is 0 Å². The second-order valence-corrected chi connectivity index (χ2v) is 6.28. The molecule has 1 aromatic carbocycles. The molecule has 0 aliphatic heterocycles. The molecule has 0 saturated carbocycles. The smallest absolute Gasteiger partial charge is 0.224 e. The summed E-state index contributed by atoms with van der Waals surface area (Å²) >= 11 is 1.67. The van der Waals surface area contributed by atoms with E-state index in [4.69, 9.17) is 5.73 Å². The number of carbonyl (C=O) groups excluding carboxylic acids is 1. The number of amides is 1. The van der Waals surface area contributed by atoms with Crippen LogP contribution in [0.25, 0.3) is 0 Å². The van der Waals surface area contributed by atoms with Crippen molar-refractivity contribution in [3.8, 4) is 0 Å². The third-order valence-corrected chi connectivity index (χ3v) is 4.30. The van der Waals surface area contributed by atoms with E-state index in [1.807, 2.05) is 30.5 Å². The molecular weight excluding hydrogens is 268 g/mol. The Morgan fingerprint density at radius 2 is 2.10 bits per heavy atom. The maximum Gasteiger partial charge on any atom is 0.224 e. The predicted octanol–water partition coefficient (Wildman–Crippen LogP) is 3.75. The monoisotopic (exact) mass is 294 g/mol. The molecule has 3 nitrogen and oxygen atoms in total. The molecule has 0 heterocycles. The second kappa shape index (κ2) is 9.03. The van der Waals surface area contributed by atoms with Crippen molar-refractivity contribution in [3.05, 3.63) is 24.3 Å². The topological polar surface area (TPSA) is 55.1 Å². The van der Waals surface area contributed by atoms with Gasteiger partial charge in [0.05, 0.1) is 0 Å². The van der Waals surface area contributed by atoms with Crippen LogP contribution in [0.4, 0.5) is 5.69 Å². The fourth-order valence-electron chi connectivity index (χ4n) is 2.27. The lowest BCUT2D eigenvalue weighted by Gasteiger charge is -2.19. The number of nitrogens with two attached hydrogens (primary N) is 1. The van der Waals surface area contributed by atoms with Gasteiger partial charge < -0.3 is 11.1 Å². The summed E-state index contributed by atoms with van der Waals surface area (Å²) in [4.78, 5) is 13.2. The Balaban J connectivity index is 2.46. The summed E-state index contributed by atoms with van der Waals surface area (Å²) in [7, 11) is 0. The minimum atomic E-state index is 0.0888. The molecule has 0 bridgehead atoms. The van der Waals surface area contributed by atoms with Crippen molar-refractivity contribution >= 4 is 23.4 Å². The third-order valence-electron chi connectivity index (χ3n) is 3.58. The Bertz CT molecular complexity index is 421. The van der Waals surface area contributed by atoms with Gasteiger partial charge in [-0.25, -0.2) is 0 Å². The maximum atomic E-state index is 12.0. The zero-order chi connectivity index (χ0) is 15.0. The minimum absolute atomic E-state index is 0.0888. The van der Waals surface area contributed by atoms with Crippen LogP contribution >= 0.6 is 11.8 Å². The molecule has 0 fully saturated rings. The van der Waals surface area contributed by atoms with Crippen molar-refractivity contribution in [2.24, 2.45) is 17.6 Å². The number of benzene rings is 1. The van der Waals surface area contributed by atoms with Crippen molar-refractivity contribution < 1.29 is 4.79 Å². The summed E-state index contributed by atoms with van der Waals surface area (Å²) in [5, 5.41) is 2.97. The summed E-state index contributed by atoms with van der Waals surface area (Å²) in [6, 6.07) is 7.93. The number of nitrogens with one attached hydrogen (secondary N) is 1. The van der Waals surface area contributed by atoms with E-state index in [1.165, 1.54) is 0 Å². The molecule has 0 aliphatic rings. The lowest BCUT2D eigenvalue weighted by molar-refractivity contribution is -0.116. The van der Waals surface area contributed by atoms with E-state index >= 15 is 0 Å². The highest BCUT2D eigenvalue weighted by Gasteiger charge is 2.14. The third kappa shape index (κ3) is 5.97. The Hall–Kier alpha value is -1.00. The summed E-state index contributed by atoms with van der Waals surface area (Å²) in [6.45, 7) is 5.08. The first-order valence-corrected chi connectivity index (χ1v) is 8.43. The van der Waals surface area contributed by atoms with Crippen molar-refractivity contribution in [2.75, 3.05) is 18.1 Å². The molecule has 0 aliphatic carbocycles. The van der Waals surface area contributed by atoms with Crippen LogP contribution in [0.1, 0.15) is 33.1 Å². The Kier molecular flexibility index (Phi) is 7.70. The molecule has 1 unspecified atom stereocenters. The first kappa shape index (κ1) is 17.1. The molecule has 0 aromatic heterocycles. The van der Waals surface area contributed by atoms with Gasteiger partial charge in [-0.3, -0.25) is 4.79 Å². The summed E-state index contributed by atoms with van der Waals surface area (Å²) < 4.78 is 0. The highest BCUT2D eigenvalue weighted by atomic mass is 32.2. The lowest BCUT2D eigenvalue weighted by atomic mass is 9.88. The lowest BCUT2D eigenvalue weighted by Crippen LogP contribution is -2.18. The van der Waals surface area contributed by atoms with Crippen LogP contribution < -0.4 is 11.1 Å². The van der Waals surface area contributed by atoms with Gasteiger partial charge in [-0.1, -0.05) is 19.9 Å². The SMILES string of the molecule is CSc1cccc(NC(=O)CCC(CCN)C(C)C)c1. The molecule has 4 heteroatoms. The van der Waals surface area contributed by atoms with Crippen molar-refractivity contribution in [1.29, 1.82) is 0 Å². The molecule has 0 saturated heterocycles. The molecule has 1 atom stereocenters. The Morgan fingerprint density at radius 3 is 2.70 bits per heavy atom. The summed E-state index contributed by atoms with van der Waals surface area (Å²) in [5.41, 5.74) is 6.50. The number of hydrogen-bond donors (Lipinski definition) is 2. The molecule has 1 amide bonds. The zero-order valence-electron chi connectivity index (χ0n) is 12.7. The zero-order valence-corrected chi connectivity index (χ0v) is 13.5. The van der Waals surface area contributed by atoms with Gasteiger partial charge >= 0.3 is 0 Å². The number of anilines is 1. The number of hydrogen-bond acceptors (Lipinski definition) is 3. The van der Waals surface area contributed by atoms with E-state index in [1.54, 1.807) is 11.8 Å². The van der Waals surface area contributed by atoms with Crippen LogP contribution in [0.3, 0.4) is 0 Å². The first-order chi connectivity index (χ1) is 9.56. The van der Waals surface area contributed by atoms with Gasteiger partial charge in [0.1, 0.15) is 0 Å². The van der Waals surface area contributed by atoms with Gasteiger partial charge in [-0.2, -0.15) is 0 Å². The van der Waals surface area contributed by atoms with Crippen molar-refractivity contribution in [1.82, 2.24) is 0 Å². The highest BCUT2D eigenvalue weighted by Crippen LogP contribution is 2.22. The average Bonchev–Trinajstić information content (AvgIpc) is 2.43. The molecule has 1 rings (SSSR count). The van der Waals surface area contributed by atoms with Crippen LogP contribution in [0.5, 0.6) is 0 Å². The quantitative estimate of drug-likeness (QED) is 0.718. The minimum Gasteiger partial charge on any atom is -0.330 e. The largest absolute Gasteiger partial charge is 0.330 e. The van der Waals surface area contributed by atoms with Crippen LogP contribution in [0.2, 0.25) is 0 Å². The summed E-state index contributed by atoms with van der Waals surface area (Å²) in [6.07, 6.45) is 4.49. The fraction of sp³-hybridized carbons (Fsp3) is 0.562. The van der Waals surface area contributed by atoms with Crippen molar-refractivity contribution in [2.45, 2.75) is 38.0 Å². The van der Waals surface area contributed by atoms with Crippen LogP contribution in [0, 0.1) is 11.8 Å². The van der Waals surface area contributed by atoms with Crippen LogP contribution in [0.15, 0.2) is 29.2 Å². The Labute approximate surface area is 126 Å². The van der Waals surface area contributed by atoms with Gasteiger partial charge in [-0.15, -0.1) is 11.8 Å². The summed E-state index contributed by atoms with van der Waals surface area (Å²) in [5.74, 6) is 1.19. The molecular formula is C16H26N2OS. The van der Waals surface area contributed by atoms with Crippen LogP contribution in [-0.4, -0.2) is 18.7 Å². The van der Waals surface area contributed by atoms with E-state index in [0.717, 1.165) is 23.4 Å². The van der Waals surface area contributed by atoms with Gasteiger partial charge in [0.25, 0.3) is 0 Å².